The molecule has 142 valence electrons. The third-order valence-corrected chi connectivity index (χ3v) is 5.20. The van der Waals surface area contributed by atoms with Crippen molar-refractivity contribution >= 4 is 39.0 Å². The van der Waals surface area contributed by atoms with Crippen molar-refractivity contribution in [2.24, 2.45) is 0 Å². The average Bonchev–Trinajstić information content (AvgIpc) is 3.07. The summed E-state index contributed by atoms with van der Waals surface area (Å²) in [6.07, 6.45) is 1.06. The molecule has 0 radical (unpaired) electrons. The molecule has 3 rings (SSSR count). The van der Waals surface area contributed by atoms with Gasteiger partial charge in [0.1, 0.15) is 18.0 Å². The molecule has 0 aliphatic heterocycles. The summed E-state index contributed by atoms with van der Waals surface area (Å²) in [5.74, 6) is 0.787. The zero-order valence-electron chi connectivity index (χ0n) is 15.4. The van der Waals surface area contributed by atoms with E-state index in [9.17, 15) is 4.79 Å². The molecule has 3 N–H and O–H groups in total. The Hall–Kier alpha value is -2.47. The first-order valence-corrected chi connectivity index (χ1v) is 9.73. The van der Waals surface area contributed by atoms with Gasteiger partial charge in [-0.25, -0.2) is 0 Å². The number of hydrogen-bond acceptors (Lipinski definition) is 4. The number of halogens is 1. The van der Waals surface area contributed by atoms with Crippen LogP contribution < -0.4 is 10.5 Å². The maximum absolute atomic E-state index is 10.5. The topological polar surface area (TPSA) is 77.3 Å². The Morgan fingerprint density at radius 1 is 1.26 bits per heavy atom. The van der Waals surface area contributed by atoms with Crippen LogP contribution in [0.2, 0.25) is 0 Å². The van der Waals surface area contributed by atoms with Crippen molar-refractivity contribution in [2.75, 3.05) is 5.73 Å². The van der Waals surface area contributed by atoms with Crippen molar-refractivity contribution in [3.63, 3.8) is 0 Å². The molecule has 0 saturated heterocycles. The fourth-order valence-corrected chi connectivity index (χ4v) is 3.65. The summed E-state index contributed by atoms with van der Waals surface area (Å²) in [5, 5.41) is 0.977. The average molecular weight is 431 g/mol. The van der Waals surface area contributed by atoms with E-state index in [1.807, 2.05) is 49.4 Å². The molecule has 0 spiro atoms. The van der Waals surface area contributed by atoms with Crippen molar-refractivity contribution in [1.82, 2.24) is 4.98 Å². The van der Waals surface area contributed by atoms with E-state index in [2.05, 4.69) is 27.8 Å². The van der Waals surface area contributed by atoms with Gasteiger partial charge in [-0.2, -0.15) is 0 Å². The Labute approximate surface area is 167 Å². The Balaban J connectivity index is 1.94. The molecule has 0 aliphatic carbocycles. The number of ether oxygens (including phenoxy) is 2. The van der Waals surface area contributed by atoms with E-state index in [0.717, 1.165) is 44.5 Å². The number of carbonyl (C=O) groups excluding carboxylic acids is 1. The maximum Gasteiger partial charge on any atom is 0.293 e. The van der Waals surface area contributed by atoms with Crippen LogP contribution in [0.25, 0.3) is 10.9 Å². The van der Waals surface area contributed by atoms with E-state index in [4.69, 9.17) is 15.2 Å². The van der Waals surface area contributed by atoms with Gasteiger partial charge in [0.15, 0.2) is 0 Å². The molecule has 1 aromatic heterocycles. The minimum atomic E-state index is -0.203. The van der Waals surface area contributed by atoms with E-state index >= 15 is 0 Å². The number of H-pyrrole nitrogens is 1. The van der Waals surface area contributed by atoms with Gasteiger partial charge in [0.25, 0.3) is 6.47 Å². The zero-order chi connectivity index (χ0) is 19.4. The molecule has 0 bridgehead atoms. The lowest BCUT2D eigenvalue weighted by molar-refractivity contribution is -0.132. The van der Waals surface area contributed by atoms with E-state index in [0.29, 0.717) is 12.9 Å². The molecule has 0 aliphatic rings. The number of nitrogens with one attached hydrogen (secondary N) is 1. The zero-order valence-corrected chi connectivity index (χ0v) is 17.0. The smallest absolute Gasteiger partial charge is 0.293 e. The molecule has 27 heavy (non-hydrogen) atoms. The molecule has 2 unspecified atom stereocenters. The summed E-state index contributed by atoms with van der Waals surface area (Å²) in [6, 6.07) is 13.7. The molecule has 5 nitrogen and oxygen atoms in total. The predicted octanol–water partition coefficient (Wildman–Crippen LogP) is 5.15. The summed E-state index contributed by atoms with van der Waals surface area (Å²) in [4.78, 5) is 13.9. The van der Waals surface area contributed by atoms with E-state index in [1.165, 1.54) is 0 Å². The SMILES string of the molecule is CCC(Oc1ccc(Br)c2[nH]c(CC(C)OC=O)cc12)c1ccccc1N. The largest absolute Gasteiger partial charge is 0.485 e. The Morgan fingerprint density at radius 2 is 2.04 bits per heavy atom. The second-order valence-corrected chi connectivity index (χ2v) is 7.37. The van der Waals surface area contributed by atoms with Crippen LogP contribution in [-0.4, -0.2) is 17.6 Å². The lowest BCUT2D eigenvalue weighted by Gasteiger charge is -2.20. The van der Waals surface area contributed by atoms with Crippen LogP contribution in [0.4, 0.5) is 5.69 Å². The number of anilines is 1. The molecular weight excluding hydrogens is 408 g/mol. The number of rotatable bonds is 8. The molecule has 0 saturated carbocycles. The van der Waals surface area contributed by atoms with Crippen molar-refractivity contribution in [3.05, 3.63) is 58.2 Å². The quantitative estimate of drug-likeness (QED) is 0.382. The van der Waals surface area contributed by atoms with Gasteiger partial charge >= 0.3 is 0 Å². The van der Waals surface area contributed by atoms with Gasteiger partial charge in [-0.05, 0) is 53.5 Å². The van der Waals surface area contributed by atoms with Crippen LogP contribution in [0.1, 0.15) is 37.6 Å². The van der Waals surface area contributed by atoms with Crippen LogP contribution in [0.5, 0.6) is 5.75 Å². The summed E-state index contributed by atoms with van der Waals surface area (Å²) in [5.41, 5.74) is 9.78. The highest BCUT2D eigenvalue weighted by molar-refractivity contribution is 9.10. The number of para-hydroxylation sites is 1. The number of nitrogen functional groups attached to an aromatic ring is 1. The Morgan fingerprint density at radius 3 is 2.74 bits per heavy atom. The van der Waals surface area contributed by atoms with Gasteiger partial charge < -0.3 is 20.2 Å². The fourth-order valence-electron chi connectivity index (χ4n) is 3.20. The van der Waals surface area contributed by atoms with E-state index in [-0.39, 0.29) is 12.2 Å². The summed E-state index contributed by atoms with van der Waals surface area (Å²) in [7, 11) is 0. The number of benzene rings is 2. The molecule has 1 heterocycles. The van der Waals surface area contributed by atoms with E-state index in [1.54, 1.807) is 0 Å². The van der Waals surface area contributed by atoms with Gasteiger partial charge in [-0.1, -0.05) is 25.1 Å². The van der Waals surface area contributed by atoms with Crippen molar-refractivity contribution in [3.8, 4) is 5.75 Å². The molecule has 2 atom stereocenters. The van der Waals surface area contributed by atoms with Gasteiger partial charge in [-0.3, -0.25) is 4.79 Å². The Bertz CT molecular complexity index is 938. The van der Waals surface area contributed by atoms with Gasteiger partial charge in [0, 0.05) is 33.2 Å². The number of fused-ring (bicyclic) bond motifs is 1. The highest BCUT2D eigenvalue weighted by atomic mass is 79.9. The highest BCUT2D eigenvalue weighted by Crippen LogP contribution is 2.36. The van der Waals surface area contributed by atoms with Crippen molar-refractivity contribution in [1.29, 1.82) is 0 Å². The third kappa shape index (κ3) is 4.27. The Kier molecular flexibility index (Phi) is 6.06. The first-order chi connectivity index (χ1) is 13.0. The second kappa shape index (κ2) is 8.48. The molecular formula is C21H23BrN2O3. The van der Waals surface area contributed by atoms with Gasteiger partial charge in [0.2, 0.25) is 0 Å². The summed E-state index contributed by atoms with van der Waals surface area (Å²) in [6.45, 7) is 4.42. The lowest BCUT2D eigenvalue weighted by Crippen LogP contribution is -2.10. The minimum absolute atomic E-state index is 0.133. The highest BCUT2D eigenvalue weighted by Gasteiger charge is 2.18. The summed E-state index contributed by atoms with van der Waals surface area (Å²) >= 11 is 3.59. The molecule has 0 amide bonds. The van der Waals surface area contributed by atoms with Crippen LogP contribution in [0.15, 0.2) is 46.9 Å². The number of aromatic amines is 1. The number of nitrogens with two attached hydrogens (primary N) is 1. The van der Waals surface area contributed by atoms with Crippen LogP contribution in [-0.2, 0) is 16.0 Å². The molecule has 6 heteroatoms. The molecule has 3 aromatic rings. The van der Waals surface area contributed by atoms with Crippen molar-refractivity contribution in [2.45, 2.75) is 38.9 Å². The number of aromatic nitrogens is 1. The summed E-state index contributed by atoms with van der Waals surface area (Å²) < 4.78 is 12.3. The molecule has 2 aromatic carbocycles. The predicted molar refractivity (Wildman–Crippen MR) is 111 cm³/mol. The van der Waals surface area contributed by atoms with Crippen LogP contribution in [0.3, 0.4) is 0 Å². The molecule has 0 fully saturated rings. The van der Waals surface area contributed by atoms with Crippen molar-refractivity contribution < 1.29 is 14.3 Å². The standard InChI is InChI=1S/C21H23BrN2O3/c1-3-19(15-6-4-5-7-18(15)23)27-20-9-8-17(22)21-16(20)11-14(24-21)10-13(2)26-12-25/h4-9,11-13,19,24H,3,10,23H2,1-2H3. The van der Waals surface area contributed by atoms with Crippen LogP contribution in [0, 0.1) is 0 Å². The fraction of sp³-hybridized carbons (Fsp3) is 0.286. The van der Waals surface area contributed by atoms with Crippen LogP contribution >= 0.6 is 15.9 Å². The second-order valence-electron chi connectivity index (χ2n) is 6.52. The lowest BCUT2D eigenvalue weighted by atomic mass is 10.0. The van der Waals surface area contributed by atoms with Gasteiger partial charge in [-0.15, -0.1) is 0 Å². The van der Waals surface area contributed by atoms with E-state index < -0.39 is 0 Å². The minimum Gasteiger partial charge on any atom is -0.485 e. The monoisotopic (exact) mass is 430 g/mol. The first kappa shape index (κ1) is 19.3. The third-order valence-electron chi connectivity index (χ3n) is 4.54. The maximum atomic E-state index is 10.5. The first-order valence-electron chi connectivity index (χ1n) is 8.93. The normalized spacial score (nSPS) is 13.3. The number of hydrogen-bond donors (Lipinski definition) is 2. The number of carbonyl (C=O) groups is 1. The van der Waals surface area contributed by atoms with Gasteiger partial charge in [0.05, 0.1) is 5.52 Å².